The number of nitrogens with zero attached hydrogens (tertiary/aromatic N) is 2. The third-order valence-corrected chi connectivity index (χ3v) is 6.51. The standard InChI is InChI=1S/C27H26N2O7/c1-32-19-13-9-8-12-18(19)28-26(30)23-24(17-14-21(34-3)22(35-4)15-20(17)33-2)29(36-25(23)27(28)31)16-10-6-5-7-11-16/h5-15,23-25H,1-4H3/t23-,24+,25+/m1/s1. The molecule has 36 heavy (non-hydrogen) atoms. The number of imide groups is 1. The summed E-state index contributed by atoms with van der Waals surface area (Å²) < 4.78 is 22.1. The number of methoxy groups -OCH3 is 4. The minimum Gasteiger partial charge on any atom is -0.496 e. The van der Waals surface area contributed by atoms with Gasteiger partial charge in [-0.1, -0.05) is 30.3 Å². The van der Waals surface area contributed by atoms with Gasteiger partial charge in [0.1, 0.15) is 23.5 Å². The van der Waals surface area contributed by atoms with Crippen molar-refractivity contribution >= 4 is 23.2 Å². The summed E-state index contributed by atoms with van der Waals surface area (Å²) >= 11 is 0. The molecule has 0 aromatic heterocycles. The zero-order valence-corrected chi connectivity index (χ0v) is 20.3. The number of rotatable bonds is 7. The van der Waals surface area contributed by atoms with Gasteiger partial charge in [0, 0.05) is 11.6 Å². The zero-order valence-electron chi connectivity index (χ0n) is 20.3. The number of hydrogen-bond donors (Lipinski definition) is 0. The molecule has 2 aliphatic rings. The van der Waals surface area contributed by atoms with E-state index in [4.69, 9.17) is 23.8 Å². The molecule has 2 aliphatic heterocycles. The fourth-order valence-corrected chi connectivity index (χ4v) is 4.87. The van der Waals surface area contributed by atoms with E-state index in [0.29, 0.717) is 39.9 Å². The van der Waals surface area contributed by atoms with Crippen LogP contribution in [0.5, 0.6) is 23.0 Å². The second-order valence-corrected chi connectivity index (χ2v) is 8.29. The van der Waals surface area contributed by atoms with Crippen molar-refractivity contribution in [1.29, 1.82) is 0 Å². The van der Waals surface area contributed by atoms with E-state index >= 15 is 0 Å². The fourth-order valence-electron chi connectivity index (χ4n) is 4.87. The Labute approximate surface area is 208 Å². The molecule has 2 fully saturated rings. The SMILES string of the molecule is COc1cc(OC)c([C@H]2[C@H]3C(=O)N(c4ccccc4OC)C(=O)[C@H]3ON2c2ccccc2)cc1OC. The Morgan fingerprint density at radius 1 is 0.694 bits per heavy atom. The van der Waals surface area contributed by atoms with Crippen LogP contribution in [0.3, 0.4) is 0 Å². The van der Waals surface area contributed by atoms with Crippen molar-refractivity contribution in [2.75, 3.05) is 38.4 Å². The van der Waals surface area contributed by atoms with Gasteiger partial charge >= 0.3 is 0 Å². The molecule has 9 heteroatoms. The number of benzene rings is 3. The van der Waals surface area contributed by atoms with E-state index in [-0.39, 0.29) is 0 Å². The average Bonchev–Trinajstić information content (AvgIpc) is 3.43. The normalized spacial score (nSPS) is 20.9. The lowest BCUT2D eigenvalue weighted by atomic mass is 9.89. The van der Waals surface area contributed by atoms with Crippen molar-refractivity contribution in [1.82, 2.24) is 0 Å². The summed E-state index contributed by atoms with van der Waals surface area (Å²) in [4.78, 5) is 34.9. The Morgan fingerprint density at radius 3 is 1.97 bits per heavy atom. The second kappa shape index (κ2) is 9.43. The Morgan fingerprint density at radius 2 is 1.31 bits per heavy atom. The van der Waals surface area contributed by atoms with Crippen LogP contribution in [0.4, 0.5) is 11.4 Å². The van der Waals surface area contributed by atoms with E-state index in [2.05, 4.69) is 0 Å². The van der Waals surface area contributed by atoms with Crippen LogP contribution in [0, 0.1) is 5.92 Å². The first-order chi connectivity index (χ1) is 17.5. The molecule has 0 bridgehead atoms. The molecule has 0 N–H and O–H groups in total. The molecule has 0 unspecified atom stereocenters. The molecule has 5 rings (SSSR count). The first-order valence-corrected chi connectivity index (χ1v) is 11.4. The number of carbonyl (C=O) groups is 2. The fraction of sp³-hybridized carbons (Fsp3) is 0.259. The summed E-state index contributed by atoms with van der Waals surface area (Å²) in [6, 6.07) is 19.0. The lowest BCUT2D eigenvalue weighted by Gasteiger charge is -2.30. The number of amides is 2. The molecule has 3 aromatic rings. The Balaban J connectivity index is 1.67. The molecule has 0 saturated carbocycles. The van der Waals surface area contributed by atoms with Crippen LogP contribution < -0.4 is 28.9 Å². The van der Waals surface area contributed by atoms with Crippen LogP contribution in [0.15, 0.2) is 66.7 Å². The summed E-state index contributed by atoms with van der Waals surface area (Å²) in [7, 11) is 6.10. The van der Waals surface area contributed by atoms with Crippen LogP contribution in [-0.4, -0.2) is 46.4 Å². The largest absolute Gasteiger partial charge is 0.496 e. The summed E-state index contributed by atoms with van der Waals surface area (Å²) in [5.41, 5.74) is 1.69. The van der Waals surface area contributed by atoms with E-state index < -0.39 is 29.9 Å². The highest BCUT2D eigenvalue weighted by Gasteiger charge is 2.61. The van der Waals surface area contributed by atoms with Crippen molar-refractivity contribution in [3.63, 3.8) is 0 Å². The van der Waals surface area contributed by atoms with Crippen molar-refractivity contribution in [3.8, 4) is 23.0 Å². The molecule has 0 aliphatic carbocycles. The maximum atomic E-state index is 13.9. The van der Waals surface area contributed by atoms with Gasteiger partial charge in [0.25, 0.3) is 5.91 Å². The third kappa shape index (κ3) is 3.59. The van der Waals surface area contributed by atoms with Gasteiger partial charge in [0.15, 0.2) is 17.6 Å². The van der Waals surface area contributed by atoms with Gasteiger partial charge in [-0.05, 0) is 30.3 Å². The minimum atomic E-state index is -1.04. The van der Waals surface area contributed by atoms with Crippen molar-refractivity contribution in [2.24, 2.45) is 5.92 Å². The van der Waals surface area contributed by atoms with Crippen LogP contribution in [-0.2, 0) is 14.4 Å². The molecule has 9 nitrogen and oxygen atoms in total. The van der Waals surface area contributed by atoms with Gasteiger partial charge in [-0.15, -0.1) is 0 Å². The molecule has 0 spiro atoms. The van der Waals surface area contributed by atoms with E-state index in [1.54, 1.807) is 41.5 Å². The molecule has 2 amide bonds. The lowest BCUT2D eigenvalue weighted by molar-refractivity contribution is -0.126. The lowest BCUT2D eigenvalue weighted by Crippen LogP contribution is -2.37. The van der Waals surface area contributed by atoms with Gasteiger partial charge in [-0.25, -0.2) is 9.96 Å². The van der Waals surface area contributed by atoms with Crippen molar-refractivity contribution < 1.29 is 33.4 Å². The average molecular weight is 491 g/mol. The third-order valence-electron chi connectivity index (χ3n) is 6.51. The first-order valence-electron chi connectivity index (χ1n) is 11.4. The van der Waals surface area contributed by atoms with Gasteiger partial charge in [0.05, 0.1) is 39.8 Å². The topological polar surface area (TPSA) is 86.8 Å². The molecule has 3 aromatic carbocycles. The van der Waals surface area contributed by atoms with Gasteiger partial charge in [0.2, 0.25) is 5.91 Å². The van der Waals surface area contributed by atoms with E-state index in [0.717, 1.165) is 4.90 Å². The highest BCUT2D eigenvalue weighted by molar-refractivity contribution is 6.24. The number of hydrogen-bond acceptors (Lipinski definition) is 8. The van der Waals surface area contributed by atoms with Gasteiger partial charge in [-0.3, -0.25) is 14.4 Å². The Bertz CT molecular complexity index is 1300. The quantitative estimate of drug-likeness (QED) is 0.463. The van der Waals surface area contributed by atoms with E-state index in [1.165, 1.54) is 28.4 Å². The van der Waals surface area contributed by atoms with Gasteiger partial charge in [-0.2, -0.15) is 0 Å². The molecule has 2 saturated heterocycles. The highest BCUT2D eigenvalue weighted by atomic mass is 16.7. The first kappa shape index (κ1) is 23.5. The maximum Gasteiger partial charge on any atom is 0.266 e. The number of fused-ring (bicyclic) bond motifs is 1. The predicted molar refractivity (Wildman–Crippen MR) is 132 cm³/mol. The van der Waals surface area contributed by atoms with E-state index in [1.807, 2.05) is 30.3 Å². The monoisotopic (exact) mass is 490 g/mol. The zero-order chi connectivity index (χ0) is 25.4. The van der Waals surface area contributed by atoms with Crippen molar-refractivity contribution in [3.05, 3.63) is 72.3 Å². The number of carbonyl (C=O) groups excluding carboxylic acids is 2. The van der Waals surface area contributed by atoms with Crippen LogP contribution in [0.25, 0.3) is 0 Å². The summed E-state index contributed by atoms with van der Waals surface area (Å²) in [6.07, 6.45) is -1.04. The smallest absolute Gasteiger partial charge is 0.266 e. The molecule has 186 valence electrons. The molecule has 0 radical (unpaired) electrons. The molecular formula is C27H26N2O7. The van der Waals surface area contributed by atoms with Gasteiger partial charge < -0.3 is 18.9 Å². The number of para-hydroxylation sites is 3. The predicted octanol–water partition coefficient (Wildman–Crippen LogP) is 3.77. The number of ether oxygens (including phenoxy) is 4. The Hall–Kier alpha value is -4.24. The highest BCUT2D eigenvalue weighted by Crippen LogP contribution is 2.51. The van der Waals surface area contributed by atoms with Crippen LogP contribution >= 0.6 is 0 Å². The second-order valence-electron chi connectivity index (χ2n) is 8.29. The number of hydroxylamine groups is 1. The number of anilines is 2. The molecular weight excluding hydrogens is 464 g/mol. The van der Waals surface area contributed by atoms with Crippen LogP contribution in [0.2, 0.25) is 0 Å². The summed E-state index contributed by atoms with van der Waals surface area (Å²) in [6.45, 7) is 0. The molecule has 3 atom stereocenters. The summed E-state index contributed by atoms with van der Waals surface area (Å²) in [5.74, 6) is 0.118. The van der Waals surface area contributed by atoms with Crippen molar-refractivity contribution in [2.45, 2.75) is 12.1 Å². The molecule has 2 heterocycles. The summed E-state index contributed by atoms with van der Waals surface area (Å²) in [5, 5.41) is 1.61. The van der Waals surface area contributed by atoms with Crippen LogP contribution in [0.1, 0.15) is 11.6 Å². The van der Waals surface area contributed by atoms with E-state index in [9.17, 15) is 9.59 Å². The Kier molecular flexibility index (Phi) is 6.15. The maximum absolute atomic E-state index is 13.9. The minimum absolute atomic E-state index is 0.372.